The maximum absolute atomic E-state index is 13.1. The number of aryl methyl sites for hydroxylation is 1. The van der Waals surface area contributed by atoms with Crippen LogP contribution in [0.4, 0.5) is 0 Å². The predicted molar refractivity (Wildman–Crippen MR) is 85.2 cm³/mol. The Kier molecular flexibility index (Phi) is 3.16. The highest BCUT2D eigenvalue weighted by atomic mass is 32.1. The molecule has 1 aliphatic heterocycles. The van der Waals surface area contributed by atoms with E-state index in [0.717, 1.165) is 18.8 Å². The summed E-state index contributed by atoms with van der Waals surface area (Å²) < 4.78 is 0. The lowest BCUT2D eigenvalue weighted by Crippen LogP contribution is -2.44. The minimum atomic E-state index is -0.247. The van der Waals surface area contributed by atoms with Crippen molar-refractivity contribution in [2.45, 2.75) is 70.1 Å². The number of amides is 1. The Morgan fingerprint density at radius 2 is 2.14 bits per heavy atom. The molecule has 114 valence electrons. The standard InChI is InChI=1S/C17H24N2OS/c1-3-12-10-13(12)19-15(14-7-6-11(2)21-14)18-17(16(19)20)8-4-5-9-17/h6-7,12-13,15,18H,3-5,8-10H2,1-2H3. The van der Waals surface area contributed by atoms with Crippen LogP contribution in [0.3, 0.4) is 0 Å². The highest BCUT2D eigenvalue weighted by Crippen LogP contribution is 2.49. The molecule has 1 N–H and O–H groups in total. The van der Waals surface area contributed by atoms with Crippen molar-refractivity contribution in [2.75, 3.05) is 0 Å². The highest BCUT2D eigenvalue weighted by Gasteiger charge is 2.58. The summed E-state index contributed by atoms with van der Waals surface area (Å²) in [6.07, 6.45) is 6.92. The molecule has 3 nitrogen and oxygen atoms in total. The molecule has 0 bridgehead atoms. The van der Waals surface area contributed by atoms with Gasteiger partial charge in [0.15, 0.2) is 0 Å². The normalized spacial score (nSPS) is 34.1. The van der Waals surface area contributed by atoms with Crippen molar-refractivity contribution in [1.82, 2.24) is 10.2 Å². The van der Waals surface area contributed by atoms with Crippen molar-refractivity contribution in [2.24, 2.45) is 5.92 Å². The molecule has 2 aliphatic carbocycles. The van der Waals surface area contributed by atoms with Crippen molar-refractivity contribution < 1.29 is 4.79 Å². The van der Waals surface area contributed by atoms with Gasteiger partial charge in [0.2, 0.25) is 5.91 Å². The fraction of sp³-hybridized carbons (Fsp3) is 0.706. The summed E-state index contributed by atoms with van der Waals surface area (Å²) in [4.78, 5) is 18.0. The maximum Gasteiger partial charge on any atom is 0.244 e. The Morgan fingerprint density at radius 3 is 2.71 bits per heavy atom. The van der Waals surface area contributed by atoms with E-state index in [1.54, 1.807) is 0 Å². The van der Waals surface area contributed by atoms with Gasteiger partial charge in [-0.25, -0.2) is 0 Å². The highest BCUT2D eigenvalue weighted by molar-refractivity contribution is 7.12. The average molecular weight is 304 g/mol. The number of nitrogens with one attached hydrogen (secondary N) is 1. The summed E-state index contributed by atoms with van der Waals surface area (Å²) in [5.41, 5.74) is -0.247. The lowest BCUT2D eigenvalue weighted by molar-refractivity contribution is -0.134. The minimum absolute atomic E-state index is 0.121. The molecule has 21 heavy (non-hydrogen) atoms. The summed E-state index contributed by atoms with van der Waals surface area (Å²) in [5, 5.41) is 3.75. The molecule has 1 spiro atoms. The van der Waals surface area contributed by atoms with Gasteiger partial charge in [0, 0.05) is 15.8 Å². The fourth-order valence-corrected chi connectivity index (χ4v) is 5.18. The zero-order chi connectivity index (χ0) is 14.6. The molecule has 0 radical (unpaired) electrons. The zero-order valence-electron chi connectivity index (χ0n) is 12.9. The molecule has 1 saturated heterocycles. The predicted octanol–water partition coefficient (Wildman–Crippen LogP) is 3.60. The Labute approximate surface area is 130 Å². The Morgan fingerprint density at radius 1 is 1.38 bits per heavy atom. The van der Waals surface area contributed by atoms with E-state index < -0.39 is 0 Å². The molecule has 3 fully saturated rings. The van der Waals surface area contributed by atoms with E-state index in [1.807, 2.05) is 11.3 Å². The van der Waals surface area contributed by atoms with Crippen LogP contribution in [0.15, 0.2) is 12.1 Å². The Hall–Kier alpha value is -0.870. The van der Waals surface area contributed by atoms with Crippen LogP contribution in [0.1, 0.15) is 61.4 Å². The molecule has 2 saturated carbocycles. The molecule has 1 aromatic rings. The molecule has 4 heteroatoms. The second-order valence-corrected chi connectivity index (χ2v) is 8.29. The van der Waals surface area contributed by atoms with E-state index in [9.17, 15) is 4.79 Å². The minimum Gasteiger partial charge on any atom is -0.317 e. The molecular weight excluding hydrogens is 280 g/mol. The molecule has 0 aromatic carbocycles. The molecule has 2 heterocycles. The largest absolute Gasteiger partial charge is 0.317 e. The first-order chi connectivity index (χ1) is 10.1. The molecule has 4 rings (SSSR count). The lowest BCUT2D eigenvalue weighted by atomic mass is 9.98. The van der Waals surface area contributed by atoms with E-state index in [-0.39, 0.29) is 11.7 Å². The van der Waals surface area contributed by atoms with Gasteiger partial charge in [-0.1, -0.05) is 26.2 Å². The molecule has 1 amide bonds. The summed E-state index contributed by atoms with van der Waals surface area (Å²) >= 11 is 1.83. The van der Waals surface area contributed by atoms with Crippen LogP contribution in [0, 0.1) is 12.8 Å². The number of nitrogens with zero attached hydrogens (tertiary/aromatic N) is 1. The van der Waals surface area contributed by atoms with Crippen molar-refractivity contribution in [3.05, 3.63) is 21.9 Å². The second-order valence-electron chi connectivity index (χ2n) is 6.97. The van der Waals surface area contributed by atoms with E-state index in [4.69, 9.17) is 0 Å². The number of thiophene rings is 1. The van der Waals surface area contributed by atoms with Gasteiger partial charge in [-0.05, 0) is 44.2 Å². The number of rotatable bonds is 3. The van der Waals surface area contributed by atoms with Crippen molar-refractivity contribution in [3.63, 3.8) is 0 Å². The SMILES string of the molecule is CCC1CC1N1C(=O)C2(CCCC2)NC1c1ccc(C)s1. The van der Waals surface area contributed by atoms with Crippen LogP contribution in [0.5, 0.6) is 0 Å². The smallest absolute Gasteiger partial charge is 0.244 e. The van der Waals surface area contributed by atoms with Crippen LogP contribution in [0.2, 0.25) is 0 Å². The summed E-state index contributed by atoms with van der Waals surface area (Å²) in [6.45, 7) is 4.39. The number of hydrogen-bond acceptors (Lipinski definition) is 3. The van der Waals surface area contributed by atoms with E-state index >= 15 is 0 Å². The third-order valence-corrected chi connectivity index (χ3v) is 6.64. The van der Waals surface area contributed by atoms with Gasteiger partial charge in [0.25, 0.3) is 0 Å². The quantitative estimate of drug-likeness (QED) is 0.925. The van der Waals surface area contributed by atoms with Crippen LogP contribution < -0.4 is 5.32 Å². The van der Waals surface area contributed by atoms with Crippen LogP contribution >= 0.6 is 11.3 Å². The first-order valence-electron chi connectivity index (χ1n) is 8.31. The second kappa shape index (κ2) is 4.82. The topological polar surface area (TPSA) is 32.3 Å². The Balaban J connectivity index is 1.68. The third kappa shape index (κ3) is 2.07. The van der Waals surface area contributed by atoms with E-state index in [1.165, 1.54) is 35.4 Å². The van der Waals surface area contributed by atoms with Gasteiger partial charge in [0.05, 0.1) is 5.54 Å². The number of carbonyl (C=O) groups excluding carboxylic acids is 1. The summed E-state index contributed by atoms with van der Waals surface area (Å²) in [5.74, 6) is 1.10. The van der Waals surface area contributed by atoms with Crippen molar-refractivity contribution in [3.8, 4) is 0 Å². The van der Waals surface area contributed by atoms with Crippen molar-refractivity contribution in [1.29, 1.82) is 0 Å². The first-order valence-corrected chi connectivity index (χ1v) is 9.13. The number of carbonyl (C=O) groups is 1. The molecule has 3 unspecified atom stereocenters. The fourth-order valence-electron chi connectivity index (χ4n) is 4.26. The van der Waals surface area contributed by atoms with Gasteiger partial charge in [-0.15, -0.1) is 11.3 Å². The lowest BCUT2D eigenvalue weighted by Gasteiger charge is -2.24. The van der Waals surface area contributed by atoms with Gasteiger partial charge >= 0.3 is 0 Å². The van der Waals surface area contributed by atoms with Crippen LogP contribution in [-0.2, 0) is 4.79 Å². The van der Waals surface area contributed by atoms with Gasteiger partial charge in [-0.3, -0.25) is 10.1 Å². The van der Waals surface area contributed by atoms with Gasteiger partial charge in [-0.2, -0.15) is 0 Å². The van der Waals surface area contributed by atoms with E-state index in [2.05, 4.69) is 36.2 Å². The van der Waals surface area contributed by atoms with Gasteiger partial charge < -0.3 is 4.90 Å². The van der Waals surface area contributed by atoms with Crippen LogP contribution in [0.25, 0.3) is 0 Å². The summed E-state index contributed by atoms with van der Waals surface area (Å²) in [6, 6.07) is 4.85. The van der Waals surface area contributed by atoms with Crippen molar-refractivity contribution >= 4 is 17.2 Å². The third-order valence-electron chi connectivity index (χ3n) is 5.59. The maximum atomic E-state index is 13.1. The van der Waals surface area contributed by atoms with Crippen LogP contribution in [-0.4, -0.2) is 22.4 Å². The van der Waals surface area contributed by atoms with E-state index in [0.29, 0.717) is 11.9 Å². The number of hydrogen-bond donors (Lipinski definition) is 1. The molecular formula is C17H24N2OS. The Bertz CT molecular complexity index is 561. The average Bonchev–Trinajstić information content (AvgIpc) is 2.82. The summed E-state index contributed by atoms with van der Waals surface area (Å²) in [7, 11) is 0. The van der Waals surface area contributed by atoms with Gasteiger partial charge in [0.1, 0.15) is 6.17 Å². The molecule has 1 aromatic heterocycles. The molecule has 3 aliphatic rings. The zero-order valence-corrected chi connectivity index (χ0v) is 13.7. The monoisotopic (exact) mass is 304 g/mol. The first kappa shape index (κ1) is 13.8. The molecule has 3 atom stereocenters.